The molecule has 0 N–H and O–H groups in total. The van der Waals surface area contributed by atoms with E-state index >= 15 is 0 Å². The van der Waals surface area contributed by atoms with Gasteiger partial charge in [-0.05, 0) is 40.5 Å². The fraction of sp³-hybridized carbons (Fsp3) is 0.769. The molecular weight excluding hydrogens is 262 g/mol. The van der Waals surface area contributed by atoms with Crippen LogP contribution in [0.5, 0.6) is 0 Å². The van der Waals surface area contributed by atoms with Gasteiger partial charge in [-0.1, -0.05) is 6.42 Å². The summed E-state index contributed by atoms with van der Waals surface area (Å²) in [5.41, 5.74) is 0. The Hall–Kier alpha value is -0.880. The molecule has 2 rings (SSSR count). The van der Waals surface area contributed by atoms with Gasteiger partial charge in [0.25, 0.3) is 10.0 Å². The fourth-order valence-electron chi connectivity index (χ4n) is 2.71. The van der Waals surface area contributed by atoms with Crippen LogP contribution in [0.3, 0.4) is 0 Å². The lowest BCUT2D eigenvalue weighted by atomic mass is 10.0. The van der Waals surface area contributed by atoms with E-state index in [1.807, 2.05) is 32.3 Å². The van der Waals surface area contributed by atoms with E-state index in [2.05, 4.69) is 4.98 Å². The number of hydrogen-bond donors (Lipinski definition) is 0. The molecule has 0 bridgehead atoms. The van der Waals surface area contributed by atoms with Crippen LogP contribution in [0.2, 0.25) is 0 Å². The number of hydrogen-bond acceptors (Lipinski definition) is 3. The Balaban J connectivity index is 2.34. The van der Waals surface area contributed by atoms with Gasteiger partial charge in [-0.15, -0.1) is 0 Å². The number of piperidine rings is 1. The first-order valence-corrected chi connectivity index (χ1v) is 8.35. The minimum Gasteiger partial charge on any atom is -0.334 e. The first-order chi connectivity index (χ1) is 8.84. The zero-order valence-electron chi connectivity index (χ0n) is 12.1. The molecular formula is C13H23N3O2S. The average Bonchev–Trinajstić information content (AvgIpc) is 2.78. The van der Waals surface area contributed by atoms with E-state index in [0.29, 0.717) is 0 Å². The molecule has 0 aromatic carbocycles. The minimum absolute atomic E-state index is 0.0537. The minimum atomic E-state index is -3.47. The van der Waals surface area contributed by atoms with Gasteiger partial charge in [0.1, 0.15) is 0 Å². The maximum absolute atomic E-state index is 12.7. The molecule has 1 saturated heterocycles. The molecule has 0 aliphatic carbocycles. The summed E-state index contributed by atoms with van der Waals surface area (Å²) in [5, 5.41) is 0.168. The van der Waals surface area contributed by atoms with Gasteiger partial charge in [0, 0.05) is 24.3 Å². The Morgan fingerprint density at radius 1 is 1.26 bits per heavy atom. The van der Waals surface area contributed by atoms with Crippen molar-refractivity contribution in [1.82, 2.24) is 13.9 Å². The Bertz CT molecular complexity index is 526. The Morgan fingerprint density at radius 3 is 2.32 bits per heavy atom. The van der Waals surface area contributed by atoms with Crippen LogP contribution in [0.15, 0.2) is 17.6 Å². The van der Waals surface area contributed by atoms with Crippen LogP contribution in [-0.4, -0.2) is 34.4 Å². The van der Waals surface area contributed by atoms with Gasteiger partial charge in [0.15, 0.2) is 5.03 Å². The van der Waals surface area contributed by atoms with Crippen molar-refractivity contribution in [1.29, 1.82) is 0 Å². The van der Waals surface area contributed by atoms with E-state index in [1.165, 1.54) is 0 Å². The first-order valence-electron chi connectivity index (χ1n) is 6.91. The van der Waals surface area contributed by atoms with E-state index in [4.69, 9.17) is 0 Å². The van der Waals surface area contributed by atoms with Crippen LogP contribution in [0, 0.1) is 0 Å². The highest BCUT2D eigenvalue weighted by Gasteiger charge is 2.36. The summed E-state index contributed by atoms with van der Waals surface area (Å²) in [6, 6.07) is 0.323. The monoisotopic (exact) mass is 285 g/mol. The second-order valence-electron chi connectivity index (χ2n) is 5.72. The van der Waals surface area contributed by atoms with Crippen molar-refractivity contribution in [3.63, 3.8) is 0 Å². The molecule has 6 heteroatoms. The summed E-state index contributed by atoms with van der Waals surface area (Å²) >= 11 is 0. The van der Waals surface area contributed by atoms with Crippen molar-refractivity contribution in [3.8, 4) is 0 Å². The lowest BCUT2D eigenvalue weighted by Gasteiger charge is -2.37. The number of imidazole rings is 1. The molecule has 2 atom stereocenters. The molecule has 1 fully saturated rings. The molecule has 0 spiro atoms. The number of aromatic nitrogens is 2. The molecule has 0 saturated carbocycles. The lowest BCUT2D eigenvalue weighted by molar-refractivity contribution is 0.204. The standard InChI is InChI=1S/C13H23N3O2S/c1-10(2)15-8-13(14-9-15)19(17,18)16-11(3)6-5-7-12(16)4/h8-12H,5-7H2,1-4H3. The lowest BCUT2D eigenvalue weighted by Crippen LogP contribution is -2.47. The first kappa shape index (κ1) is 14.5. The van der Waals surface area contributed by atoms with Crippen molar-refractivity contribution in [3.05, 3.63) is 12.5 Å². The number of sulfonamides is 1. The van der Waals surface area contributed by atoms with Crippen molar-refractivity contribution in [2.45, 2.75) is 70.1 Å². The molecule has 1 aromatic rings. The Morgan fingerprint density at radius 2 is 1.84 bits per heavy atom. The number of rotatable bonds is 3. The zero-order valence-corrected chi connectivity index (χ0v) is 12.9. The smallest absolute Gasteiger partial charge is 0.262 e. The highest BCUT2D eigenvalue weighted by molar-refractivity contribution is 7.89. The molecule has 1 aliphatic heterocycles. The normalized spacial score (nSPS) is 25.9. The third kappa shape index (κ3) is 2.69. The van der Waals surface area contributed by atoms with Crippen molar-refractivity contribution in [2.75, 3.05) is 0 Å². The highest BCUT2D eigenvalue weighted by atomic mass is 32.2. The van der Waals surface area contributed by atoms with E-state index in [1.54, 1.807) is 16.8 Å². The molecule has 0 radical (unpaired) electrons. The highest BCUT2D eigenvalue weighted by Crippen LogP contribution is 2.29. The van der Waals surface area contributed by atoms with Gasteiger partial charge in [0.2, 0.25) is 0 Å². The maximum atomic E-state index is 12.7. The number of nitrogens with zero attached hydrogens (tertiary/aromatic N) is 3. The third-order valence-electron chi connectivity index (χ3n) is 3.83. The maximum Gasteiger partial charge on any atom is 0.262 e. The Labute approximate surface area is 115 Å². The van der Waals surface area contributed by atoms with E-state index in [0.717, 1.165) is 19.3 Å². The van der Waals surface area contributed by atoms with E-state index in [9.17, 15) is 8.42 Å². The van der Waals surface area contributed by atoms with Crippen molar-refractivity contribution in [2.24, 2.45) is 0 Å². The summed E-state index contributed by atoms with van der Waals surface area (Å²) in [6.07, 6.45) is 6.17. The average molecular weight is 285 g/mol. The summed E-state index contributed by atoms with van der Waals surface area (Å²) in [7, 11) is -3.47. The van der Waals surface area contributed by atoms with Crippen LogP contribution < -0.4 is 0 Å². The predicted octanol–water partition coefficient (Wildman–Crippen LogP) is 2.42. The van der Waals surface area contributed by atoms with Crippen LogP contribution in [0.25, 0.3) is 0 Å². The van der Waals surface area contributed by atoms with E-state index < -0.39 is 10.0 Å². The van der Waals surface area contributed by atoms with Gasteiger partial charge in [-0.3, -0.25) is 0 Å². The molecule has 108 valence electrons. The largest absolute Gasteiger partial charge is 0.334 e. The molecule has 5 nitrogen and oxygen atoms in total. The van der Waals surface area contributed by atoms with E-state index in [-0.39, 0.29) is 23.2 Å². The van der Waals surface area contributed by atoms with Gasteiger partial charge in [0.05, 0.1) is 6.33 Å². The molecule has 1 aromatic heterocycles. The summed E-state index contributed by atoms with van der Waals surface area (Å²) < 4.78 is 28.8. The quantitative estimate of drug-likeness (QED) is 0.857. The second kappa shape index (κ2) is 5.25. The summed E-state index contributed by atoms with van der Waals surface area (Å²) in [4.78, 5) is 4.09. The van der Waals surface area contributed by atoms with Crippen LogP contribution in [0.1, 0.15) is 53.0 Å². The second-order valence-corrected chi connectivity index (χ2v) is 7.51. The Kier molecular flexibility index (Phi) is 4.01. The molecule has 2 heterocycles. The zero-order chi connectivity index (χ0) is 14.2. The molecule has 1 aliphatic rings. The fourth-order valence-corrected chi connectivity index (χ4v) is 4.52. The topological polar surface area (TPSA) is 55.2 Å². The third-order valence-corrected chi connectivity index (χ3v) is 5.84. The van der Waals surface area contributed by atoms with Crippen LogP contribution in [-0.2, 0) is 10.0 Å². The van der Waals surface area contributed by atoms with Crippen molar-refractivity contribution >= 4 is 10.0 Å². The molecule has 2 unspecified atom stereocenters. The summed E-state index contributed by atoms with van der Waals surface area (Å²) in [5.74, 6) is 0. The summed E-state index contributed by atoms with van der Waals surface area (Å²) in [6.45, 7) is 7.97. The van der Waals surface area contributed by atoms with Gasteiger partial charge in [-0.25, -0.2) is 13.4 Å². The molecule has 0 amide bonds. The van der Waals surface area contributed by atoms with Gasteiger partial charge < -0.3 is 4.57 Å². The molecule has 19 heavy (non-hydrogen) atoms. The van der Waals surface area contributed by atoms with Crippen LogP contribution >= 0.6 is 0 Å². The van der Waals surface area contributed by atoms with Crippen LogP contribution in [0.4, 0.5) is 0 Å². The predicted molar refractivity (Wildman–Crippen MR) is 74.4 cm³/mol. The van der Waals surface area contributed by atoms with Gasteiger partial charge >= 0.3 is 0 Å². The van der Waals surface area contributed by atoms with Crippen molar-refractivity contribution < 1.29 is 8.42 Å². The van der Waals surface area contributed by atoms with Gasteiger partial charge in [-0.2, -0.15) is 4.31 Å². The SMILES string of the molecule is CC1CCCC(C)N1S(=O)(=O)c1cn(C(C)C)cn1.